The van der Waals surface area contributed by atoms with Gasteiger partial charge in [-0.15, -0.1) is 0 Å². The second kappa shape index (κ2) is 6.31. The SMILES string of the molecule is CC(/C=N\n1c(-c2cccnc2)n[nH]c1=S)=C/c1ccco1. The topological polar surface area (TPSA) is 72.0 Å². The van der Waals surface area contributed by atoms with Gasteiger partial charge in [-0.25, -0.2) is 5.10 Å². The molecule has 1 N–H and O–H groups in total. The summed E-state index contributed by atoms with van der Waals surface area (Å²) < 4.78 is 7.24. The van der Waals surface area contributed by atoms with Crippen molar-refractivity contribution in [3.8, 4) is 11.4 Å². The number of hydrogen-bond donors (Lipinski definition) is 1. The van der Waals surface area contributed by atoms with Crippen LogP contribution in [0.15, 0.2) is 58.0 Å². The molecule has 3 rings (SSSR count). The van der Waals surface area contributed by atoms with Crippen molar-refractivity contribution in [2.75, 3.05) is 0 Å². The van der Waals surface area contributed by atoms with E-state index < -0.39 is 0 Å². The lowest BCUT2D eigenvalue weighted by Gasteiger charge is -1.99. The molecule has 0 radical (unpaired) electrons. The van der Waals surface area contributed by atoms with E-state index in [0.29, 0.717) is 10.6 Å². The maximum Gasteiger partial charge on any atom is 0.216 e. The summed E-state index contributed by atoms with van der Waals surface area (Å²) in [4.78, 5) is 4.08. The lowest BCUT2D eigenvalue weighted by molar-refractivity contribution is 0.557. The van der Waals surface area contributed by atoms with Crippen LogP contribution in [0.2, 0.25) is 0 Å². The van der Waals surface area contributed by atoms with Crippen LogP contribution in [-0.2, 0) is 0 Å². The van der Waals surface area contributed by atoms with Gasteiger partial charge in [-0.3, -0.25) is 4.98 Å². The number of furan rings is 1. The highest BCUT2D eigenvalue weighted by atomic mass is 32.1. The van der Waals surface area contributed by atoms with Crippen LogP contribution < -0.4 is 0 Å². The molecule has 22 heavy (non-hydrogen) atoms. The molecule has 0 saturated carbocycles. The zero-order valence-electron chi connectivity index (χ0n) is 11.8. The first kappa shape index (κ1) is 14.2. The van der Waals surface area contributed by atoms with E-state index in [0.717, 1.165) is 16.9 Å². The minimum atomic E-state index is 0.418. The first-order valence-corrected chi connectivity index (χ1v) is 6.99. The van der Waals surface area contributed by atoms with Crippen molar-refractivity contribution in [3.05, 3.63) is 59.0 Å². The Morgan fingerprint density at radius 3 is 3.05 bits per heavy atom. The lowest BCUT2D eigenvalue weighted by atomic mass is 10.3. The van der Waals surface area contributed by atoms with Crippen LogP contribution in [-0.4, -0.2) is 26.1 Å². The number of H-pyrrole nitrogens is 1. The van der Waals surface area contributed by atoms with Crippen LogP contribution in [0, 0.1) is 4.77 Å². The van der Waals surface area contributed by atoms with Gasteiger partial charge in [0.2, 0.25) is 4.77 Å². The molecule has 3 aromatic rings. The molecule has 0 aliphatic rings. The first-order valence-electron chi connectivity index (χ1n) is 6.58. The van der Waals surface area contributed by atoms with Gasteiger partial charge in [0, 0.05) is 18.0 Å². The quantitative estimate of drug-likeness (QED) is 0.591. The Morgan fingerprint density at radius 2 is 2.32 bits per heavy atom. The highest BCUT2D eigenvalue weighted by molar-refractivity contribution is 7.71. The average molecular weight is 311 g/mol. The Balaban J connectivity index is 1.91. The molecule has 0 saturated heterocycles. The molecule has 0 bridgehead atoms. The summed E-state index contributed by atoms with van der Waals surface area (Å²) in [6.45, 7) is 1.93. The Labute approximate surface area is 131 Å². The predicted octanol–water partition coefficient (Wildman–Crippen LogP) is 3.53. The Bertz CT molecular complexity index is 859. The maximum atomic E-state index is 5.27. The predicted molar refractivity (Wildman–Crippen MR) is 86.9 cm³/mol. The normalized spacial score (nSPS) is 12.1. The summed E-state index contributed by atoms with van der Waals surface area (Å²) in [6, 6.07) is 7.45. The standard InChI is InChI=1S/C15H13N5OS/c1-11(8-13-5-3-7-21-13)9-17-20-14(18-19-15(20)22)12-4-2-6-16-10-12/h2-10H,1H3,(H,19,22)/b11-8-,17-9-. The second-order valence-corrected chi connectivity index (χ2v) is 4.94. The minimum absolute atomic E-state index is 0.418. The molecule has 6 nitrogen and oxygen atoms in total. The molecule has 0 aliphatic carbocycles. The molecule has 3 aromatic heterocycles. The Hall–Kier alpha value is -2.80. The molecule has 3 heterocycles. The van der Waals surface area contributed by atoms with E-state index in [2.05, 4.69) is 20.3 Å². The number of nitrogens with zero attached hydrogens (tertiary/aromatic N) is 4. The van der Waals surface area contributed by atoms with Gasteiger partial charge in [0.1, 0.15) is 5.76 Å². The van der Waals surface area contributed by atoms with E-state index in [4.69, 9.17) is 16.6 Å². The van der Waals surface area contributed by atoms with Gasteiger partial charge in [-0.1, -0.05) is 0 Å². The fourth-order valence-corrected chi connectivity index (χ4v) is 2.04. The summed E-state index contributed by atoms with van der Waals surface area (Å²) in [5, 5.41) is 11.3. The van der Waals surface area contributed by atoms with E-state index in [1.807, 2.05) is 37.3 Å². The van der Waals surface area contributed by atoms with Gasteiger partial charge in [-0.05, 0) is 55.1 Å². The number of aromatic amines is 1. The Morgan fingerprint density at radius 1 is 1.41 bits per heavy atom. The van der Waals surface area contributed by atoms with E-state index >= 15 is 0 Å². The van der Waals surface area contributed by atoms with Crippen molar-refractivity contribution in [2.24, 2.45) is 5.10 Å². The summed E-state index contributed by atoms with van der Waals surface area (Å²) in [5.41, 5.74) is 1.76. The third-order valence-corrected chi connectivity index (χ3v) is 3.12. The molecule has 0 fully saturated rings. The number of nitrogens with one attached hydrogen (secondary N) is 1. The zero-order chi connectivity index (χ0) is 15.4. The van der Waals surface area contributed by atoms with E-state index in [1.165, 1.54) is 0 Å². The van der Waals surface area contributed by atoms with Crippen molar-refractivity contribution in [1.29, 1.82) is 0 Å². The molecular formula is C15H13N5OS. The molecule has 0 unspecified atom stereocenters. The van der Waals surface area contributed by atoms with Gasteiger partial charge in [0.25, 0.3) is 0 Å². The van der Waals surface area contributed by atoms with Crippen LogP contribution in [0.1, 0.15) is 12.7 Å². The maximum absolute atomic E-state index is 5.27. The fourth-order valence-electron chi connectivity index (χ4n) is 1.86. The van der Waals surface area contributed by atoms with E-state index in [9.17, 15) is 0 Å². The minimum Gasteiger partial charge on any atom is -0.465 e. The number of allylic oxidation sites excluding steroid dienone is 1. The van der Waals surface area contributed by atoms with E-state index in [-0.39, 0.29) is 0 Å². The number of hydrogen-bond acceptors (Lipinski definition) is 5. The highest BCUT2D eigenvalue weighted by Gasteiger charge is 2.07. The summed E-state index contributed by atoms with van der Waals surface area (Å²) >= 11 is 5.21. The van der Waals surface area contributed by atoms with Crippen molar-refractivity contribution in [2.45, 2.75) is 6.92 Å². The molecule has 0 aromatic carbocycles. The third-order valence-electron chi connectivity index (χ3n) is 2.86. The second-order valence-electron chi connectivity index (χ2n) is 4.55. The molecule has 0 spiro atoms. The van der Waals surface area contributed by atoms with Crippen LogP contribution in [0.3, 0.4) is 0 Å². The largest absolute Gasteiger partial charge is 0.465 e. The fraction of sp³-hybridized carbons (Fsp3) is 0.0667. The molecule has 110 valence electrons. The average Bonchev–Trinajstić information content (AvgIpc) is 3.16. The van der Waals surface area contributed by atoms with Crippen molar-refractivity contribution >= 4 is 24.5 Å². The number of aromatic nitrogens is 4. The van der Waals surface area contributed by atoms with Crippen LogP contribution in [0.5, 0.6) is 0 Å². The molecule has 7 heteroatoms. The number of pyridine rings is 1. The van der Waals surface area contributed by atoms with Crippen LogP contribution >= 0.6 is 12.2 Å². The van der Waals surface area contributed by atoms with E-state index in [1.54, 1.807) is 29.5 Å². The molecular weight excluding hydrogens is 298 g/mol. The smallest absolute Gasteiger partial charge is 0.216 e. The van der Waals surface area contributed by atoms with Crippen molar-refractivity contribution in [3.63, 3.8) is 0 Å². The van der Waals surface area contributed by atoms with Crippen molar-refractivity contribution < 1.29 is 4.42 Å². The van der Waals surface area contributed by atoms with Gasteiger partial charge in [0.05, 0.1) is 12.5 Å². The summed E-state index contributed by atoms with van der Waals surface area (Å²) in [6.07, 6.45) is 8.63. The highest BCUT2D eigenvalue weighted by Crippen LogP contribution is 2.15. The molecule has 0 atom stereocenters. The first-order chi connectivity index (χ1) is 10.7. The third kappa shape index (κ3) is 3.09. The Kier molecular flexibility index (Phi) is 4.06. The van der Waals surface area contributed by atoms with Crippen LogP contribution in [0.4, 0.5) is 0 Å². The van der Waals surface area contributed by atoms with Gasteiger partial charge < -0.3 is 4.42 Å². The van der Waals surface area contributed by atoms with Gasteiger partial charge in [-0.2, -0.15) is 14.9 Å². The monoisotopic (exact) mass is 311 g/mol. The van der Waals surface area contributed by atoms with Crippen molar-refractivity contribution in [1.82, 2.24) is 19.9 Å². The van der Waals surface area contributed by atoms with Gasteiger partial charge in [0.15, 0.2) is 5.82 Å². The molecule has 0 amide bonds. The van der Waals surface area contributed by atoms with Gasteiger partial charge >= 0.3 is 0 Å². The summed E-state index contributed by atoms with van der Waals surface area (Å²) in [7, 11) is 0. The molecule has 0 aliphatic heterocycles. The summed E-state index contributed by atoms with van der Waals surface area (Å²) in [5.74, 6) is 1.38. The zero-order valence-corrected chi connectivity index (χ0v) is 12.6. The van der Waals surface area contributed by atoms with Crippen LogP contribution in [0.25, 0.3) is 17.5 Å². The lowest BCUT2D eigenvalue weighted by Crippen LogP contribution is -1.95. The number of rotatable bonds is 4.